The zero-order valence-electron chi connectivity index (χ0n) is 15.7. The lowest BCUT2D eigenvalue weighted by Crippen LogP contribution is -2.51. The Morgan fingerprint density at radius 2 is 1.96 bits per heavy atom. The zero-order chi connectivity index (χ0) is 18.0. The van der Waals surface area contributed by atoms with Gasteiger partial charge in [-0.25, -0.2) is 0 Å². The summed E-state index contributed by atoms with van der Waals surface area (Å²) in [5.41, 5.74) is 1.48. The second-order valence-electron chi connectivity index (χ2n) is 9.58. The van der Waals surface area contributed by atoms with Crippen LogP contribution >= 0.6 is 0 Å². The molecule has 4 aliphatic carbocycles. The molecule has 134 valence electrons. The van der Waals surface area contributed by atoms with E-state index in [2.05, 4.69) is 19.9 Å². The highest BCUT2D eigenvalue weighted by Crippen LogP contribution is 2.66. The lowest BCUT2D eigenvalue weighted by molar-refractivity contribution is -0.129. The molecule has 0 radical (unpaired) electrons. The molecule has 0 heterocycles. The topological polar surface area (TPSA) is 57.9 Å². The van der Waals surface area contributed by atoms with Crippen molar-refractivity contribution >= 4 is 11.6 Å². The molecule has 0 saturated heterocycles. The van der Waals surface area contributed by atoms with Gasteiger partial charge in [0.05, 0.1) is 6.07 Å². The summed E-state index contributed by atoms with van der Waals surface area (Å²) in [6.45, 7) is 6.45. The van der Waals surface area contributed by atoms with Gasteiger partial charge < -0.3 is 0 Å². The van der Waals surface area contributed by atoms with Crippen LogP contribution in [-0.4, -0.2) is 11.6 Å². The number of ketones is 2. The smallest absolute Gasteiger partial charge is 0.172 e. The van der Waals surface area contributed by atoms with Crippen molar-refractivity contribution < 1.29 is 9.59 Å². The summed E-state index contributed by atoms with van der Waals surface area (Å²) in [4.78, 5) is 24.4. The van der Waals surface area contributed by atoms with Crippen molar-refractivity contribution in [2.75, 3.05) is 0 Å². The van der Waals surface area contributed by atoms with Crippen molar-refractivity contribution in [1.29, 1.82) is 5.26 Å². The fourth-order valence-corrected chi connectivity index (χ4v) is 7.42. The van der Waals surface area contributed by atoms with Crippen LogP contribution in [0.25, 0.3) is 0 Å². The summed E-state index contributed by atoms with van der Waals surface area (Å²) in [5, 5.41) is 9.41. The fourth-order valence-electron chi connectivity index (χ4n) is 7.42. The van der Waals surface area contributed by atoms with Gasteiger partial charge in [-0.1, -0.05) is 19.4 Å². The predicted octanol–water partition coefficient (Wildman–Crippen LogP) is 4.47. The highest BCUT2D eigenvalue weighted by atomic mass is 16.1. The molecular formula is C22H29NO2. The minimum atomic E-state index is -0.464. The van der Waals surface area contributed by atoms with Crippen molar-refractivity contribution in [1.82, 2.24) is 0 Å². The number of allylic oxidation sites excluding steroid dienone is 1. The van der Waals surface area contributed by atoms with E-state index in [1.807, 2.05) is 6.08 Å². The Kier molecular flexibility index (Phi) is 3.76. The van der Waals surface area contributed by atoms with E-state index < -0.39 is 5.92 Å². The largest absolute Gasteiger partial charge is 0.300 e. The van der Waals surface area contributed by atoms with Crippen LogP contribution in [0.5, 0.6) is 0 Å². The zero-order valence-corrected chi connectivity index (χ0v) is 15.7. The van der Waals surface area contributed by atoms with Crippen LogP contribution in [0, 0.1) is 51.8 Å². The first kappa shape index (κ1) is 17.0. The molecule has 4 rings (SSSR count). The minimum absolute atomic E-state index is 0.00681. The first-order chi connectivity index (χ1) is 11.8. The maximum atomic E-state index is 12.2. The quantitative estimate of drug-likeness (QED) is 0.708. The van der Waals surface area contributed by atoms with E-state index in [0.29, 0.717) is 30.0 Å². The molecule has 0 aromatic rings. The highest BCUT2D eigenvalue weighted by Gasteiger charge is 2.60. The van der Waals surface area contributed by atoms with Crippen molar-refractivity contribution in [2.24, 2.45) is 40.4 Å². The minimum Gasteiger partial charge on any atom is -0.300 e. The van der Waals surface area contributed by atoms with Crippen LogP contribution < -0.4 is 0 Å². The van der Waals surface area contributed by atoms with Crippen molar-refractivity contribution in [3.05, 3.63) is 11.6 Å². The van der Waals surface area contributed by atoms with Gasteiger partial charge in [-0.15, -0.1) is 0 Å². The number of Topliss-reactive ketones (excluding diaryl/α,β-unsaturated/α-hetero) is 1. The number of fused-ring (bicyclic) bond motifs is 5. The van der Waals surface area contributed by atoms with Crippen molar-refractivity contribution in [3.8, 4) is 6.07 Å². The van der Waals surface area contributed by atoms with Gasteiger partial charge in [0.2, 0.25) is 0 Å². The fraction of sp³-hybridized carbons (Fsp3) is 0.773. The maximum Gasteiger partial charge on any atom is 0.172 e. The molecule has 0 N–H and O–H groups in total. The van der Waals surface area contributed by atoms with Crippen LogP contribution in [0.3, 0.4) is 0 Å². The molecule has 3 fully saturated rings. The molecule has 0 aromatic carbocycles. The van der Waals surface area contributed by atoms with E-state index >= 15 is 0 Å². The number of hydrogen-bond donors (Lipinski definition) is 0. The van der Waals surface area contributed by atoms with Gasteiger partial charge >= 0.3 is 0 Å². The Morgan fingerprint density at radius 1 is 1.20 bits per heavy atom. The monoisotopic (exact) mass is 339 g/mol. The Morgan fingerprint density at radius 3 is 2.64 bits per heavy atom. The standard InChI is InChI=1S/C22H29NO2/c1-13(24)17-6-7-18-16-5-4-15-10-20(25)14(12-23)11-22(15,3)19(16)8-9-21(17,18)2/h10,14,16-19H,4-9,11H2,1-3H3/t14-,16?,17+,18?,19?,21+,22-/m0/s1. The molecule has 3 heteroatoms. The van der Waals surface area contributed by atoms with Gasteiger partial charge in [-0.2, -0.15) is 5.26 Å². The summed E-state index contributed by atoms with van der Waals surface area (Å²) in [7, 11) is 0. The van der Waals surface area contributed by atoms with Crippen LogP contribution in [0.2, 0.25) is 0 Å². The molecule has 0 bridgehead atoms. The SMILES string of the molecule is CC(=O)[C@H]1CCC2C3CCC4=CC(=O)[C@H](C#N)C[C@]4(C)C3CC[C@@]21C. The number of carbonyl (C=O) groups is 2. The normalized spacial score (nSPS) is 48.6. The molecule has 3 nitrogen and oxygen atoms in total. The number of hydrogen-bond acceptors (Lipinski definition) is 3. The Balaban J connectivity index is 1.68. The Labute approximate surface area is 150 Å². The van der Waals surface area contributed by atoms with E-state index in [9.17, 15) is 14.9 Å². The average Bonchev–Trinajstić information content (AvgIpc) is 2.92. The lowest BCUT2D eigenvalue weighted by atomic mass is 9.46. The van der Waals surface area contributed by atoms with Gasteiger partial charge in [0.25, 0.3) is 0 Å². The van der Waals surface area contributed by atoms with Crippen LogP contribution in [0.1, 0.15) is 65.7 Å². The van der Waals surface area contributed by atoms with Crippen LogP contribution in [0.4, 0.5) is 0 Å². The number of carbonyl (C=O) groups excluding carboxylic acids is 2. The van der Waals surface area contributed by atoms with E-state index in [1.165, 1.54) is 12.0 Å². The van der Waals surface area contributed by atoms with Crippen LogP contribution in [0.15, 0.2) is 11.6 Å². The second kappa shape index (κ2) is 5.53. The third kappa shape index (κ3) is 2.22. The summed E-state index contributed by atoms with van der Waals surface area (Å²) in [6, 6.07) is 2.24. The average molecular weight is 339 g/mol. The molecule has 3 saturated carbocycles. The summed E-state index contributed by atoms with van der Waals surface area (Å²) >= 11 is 0. The molecule has 0 aliphatic heterocycles. The molecule has 25 heavy (non-hydrogen) atoms. The Bertz CT molecular complexity index is 701. The number of nitrogens with zero attached hydrogens (tertiary/aromatic N) is 1. The predicted molar refractivity (Wildman–Crippen MR) is 95.4 cm³/mol. The molecule has 0 amide bonds. The van der Waals surface area contributed by atoms with Gasteiger partial charge in [-0.05, 0) is 86.5 Å². The maximum absolute atomic E-state index is 12.2. The Hall–Kier alpha value is -1.43. The van der Waals surface area contributed by atoms with E-state index in [4.69, 9.17) is 0 Å². The molecular weight excluding hydrogens is 310 g/mol. The van der Waals surface area contributed by atoms with E-state index in [1.54, 1.807) is 6.92 Å². The van der Waals surface area contributed by atoms with Crippen molar-refractivity contribution in [3.63, 3.8) is 0 Å². The molecule has 0 aromatic heterocycles. The number of nitriles is 1. The molecule has 7 atom stereocenters. The van der Waals surface area contributed by atoms with Crippen LogP contribution in [-0.2, 0) is 9.59 Å². The van der Waals surface area contributed by atoms with E-state index in [-0.39, 0.29) is 22.5 Å². The second-order valence-corrected chi connectivity index (χ2v) is 9.58. The molecule has 4 aliphatic rings. The first-order valence-electron chi connectivity index (χ1n) is 9.96. The van der Waals surface area contributed by atoms with Gasteiger partial charge in [0.1, 0.15) is 11.7 Å². The summed E-state index contributed by atoms with van der Waals surface area (Å²) < 4.78 is 0. The van der Waals surface area contributed by atoms with Gasteiger partial charge in [0, 0.05) is 5.92 Å². The molecule has 3 unspecified atom stereocenters. The number of rotatable bonds is 1. The molecule has 0 spiro atoms. The van der Waals surface area contributed by atoms with E-state index in [0.717, 1.165) is 32.1 Å². The lowest BCUT2D eigenvalue weighted by Gasteiger charge is -2.58. The van der Waals surface area contributed by atoms with Gasteiger partial charge in [-0.3, -0.25) is 9.59 Å². The summed E-state index contributed by atoms with van der Waals surface area (Å²) in [6.07, 6.45) is 9.17. The highest BCUT2D eigenvalue weighted by molar-refractivity contribution is 5.95. The summed E-state index contributed by atoms with van der Waals surface area (Å²) in [5.74, 6) is 2.03. The van der Waals surface area contributed by atoms with Crippen molar-refractivity contribution in [2.45, 2.75) is 65.7 Å². The van der Waals surface area contributed by atoms with Gasteiger partial charge in [0.15, 0.2) is 5.78 Å². The third-order valence-electron chi connectivity index (χ3n) is 8.67. The first-order valence-corrected chi connectivity index (χ1v) is 9.96. The third-order valence-corrected chi connectivity index (χ3v) is 8.67.